The van der Waals surface area contributed by atoms with E-state index in [4.69, 9.17) is 29.7 Å². The molecule has 0 rings (SSSR count). The molecule has 25 heavy (non-hydrogen) atoms. The Morgan fingerprint density at radius 1 is 0.520 bits per heavy atom. The van der Waals surface area contributed by atoms with Crippen LogP contribution in [0.3, 0.4) is 0 Å². The molecule has 0 heterocycles. The summed E-state index contributed by atoms with van der Waals surface area (Å²) in [7, 11) is 0. The van der Waals surface area contributed by atoms with Crippen molar-refractivity contribution in [1.82, 2.24) is 0 Å². The summed E-state index contributed by atoms with van der Waals surface area (Å²) in [6, 6.07) is 0. The van der Waals surface area contributed by atoms with Gasteiger partial charge in [-0.2, -0.15) is 0 Å². The summed E-state index contributed by atoms with van der Waals surface area (Å²) in [4.78, 5) is 26.0. The zero-order valence-electron chi connectivity index (χ0n) is 14.7. The number of rotatable bonds is 3. The second-order valence-corrected chi connectivity index (χ2v) is 7.69. The first kappa shape index (κ1) is 33.1. The smallest absolute Gasteiger partial charge is 0.511 e. The molecular weight excluding hydrogens is 758 g/mol. The van der Waals surface area contributed by atoms with Gasteiger partial charge in [-0.25, -0.2) is 0 Å². The van der Waals surface area contributed by atoms with Crippen molar-refractivity contribution in [3.63, 3.8) is 0 Å². The fourth-order valence-corrected chi connectivity index (χ4v) is 0.785. The maximum atomic E-state index is 8.68. The van der Waals surface area contributed by atoms with Gasteiger partial charge in [-0.1, -0.05) is 0 Å². The van der Waals surface area contributed by atoms with E-state index in [9.17, 15) is 0 Å². The average molecular weight is 782 g/mol. The SMILES string of the molecule is CC(=[OH+])/C(I)=C(/C)O.CC(=[OH+])/C(I)=C(/C)O.CC(=[OH+])/C(I)=C(/C)O.[Ru+3]. The molecule has 0 amide bonds. The third-order valence-electron chi connectivity index (χ3n) is 1.91. The molecule has 0 spiro atoms. The van der Waals surface area contributed by atoms with E-state index in [1.165, 1.54) is 41.5 Å². The summed E-state index contributed by atoms with van der Waals surface area (Å²) in [5, 5.41) is 26.0. The van der Waals surface area contributed by atoms with Crippen molar-refractivity contribution in [3.8, 4) is 0 Å². The molecule has 0 aliphatic carbocycles. The van der Waals surface area contributed by atoms with Gasteiger partial charge in [0.25, 0.3) is 0 Å². The molecule has 0 aliphatic heterocycles. The van der Waals surface area contributed by atoms with Crippen molar-refractivity contribution in [1.29, 1.82) is 0 Å². The number of ketones is 3. The molecule has 0 unspecified atom stereocenters. The molecule has 0 atom stereocenters. The van der Waals surface area contributed by atoms with E-state index in [0.29, 0.717) is 10.7 Å². The van der Waals surface area contributed by atoms with Crippen LogP contribution in [0, 0.1) is 0 Å². The minimum absolute atomic E-state index is 0. The third-order valence-corrected chi connectivity index (χ3v) is 6.59. The summed E-state index contributed by atoms with van der Waals surface area (Å²) in [6.07, 6.45) is 0. The number of aliphatic hydroxyl groups is 3. The minimum atomic E-state index is 0. The second kappa shape index (κ2) is 17.8. The Kier molecular flexibility index (Phi) is 23.6. The molecule has 0 aromatic heterocycles. The van der Waals surface area contributed by atoms with Crippen LogP contribution < -0.4 is 0 Å². The molecule has 0 aromatic rings. The van der Waals surface area contributed by atoms with Crippen LogP contribution in [0.2, 0.25) is 0 Å². The Hall–Kier alpha value is 0.443. The van der Waals surface area contributed by atoms with Crippen molar-refractivity contribution in [2.75, 3.05) is 0 Å². The molecule has 0 aliphatic rings. The van der Waals surface area contributed by atoms with Crippen molar-refractivity contribution >= 4 is 85.1 Å². The summed E-state index contributed by atoms with van der Waals surface area (Å²) in [5.41, 5.74) is 0. The molecule has 0 aromatic carbocycles. The van der Waals surface area contributed by atoms with E-state index in [1.54, 1.807) is 0 Å². The number of halogens is 3. The molecular formula is C15H24I3O6Ru+6. The van der Waals surface area contributed by atoms with E-state index in [-0.39, 0.29) is 54.1 Å². The van der Waals surface area contributed by atoms with Crippen molar-refractivity contribution in [2.45, 2.75) is 41.5 Å². The van der Waals surface area contributed by atoms with E-state index in [0.717, 1.165) is 0 Å². The summed E-state index contributed by atoms with van der Waals surface area (Å²) >= 11 is 5.59. The molecule has 0 bridgehead atoms. The van der Waals surface area contributed by atoms with Gasteiger partial charge in [0, 0.05) is 0 Å². The Morgan fingerprint density at radius 2 is 0.640 bits per heavy atom. The minimum Gasteiger partial charge on any atom is -0.511 e. The van der Waals surface area contributed by atoms with Gasteiger partial charge >= 0.3 is 36.8 Å². The molecule has 143 valence electrons. The fraction of sp³-hybridized carbons (Fsp3) is 0.400. The van der Waals surface area contributed by atoms with Crippen LogP contribution in [0.4, 0.5) is 0 Å². The van der Waals surface area contributed by atoms with Gasteiger partial charge < -0.3 is 15.3 Å². The van der Waals surface area contributed by atoms with Gasteiger partial charge in [0.2, 0.25) is 0 Å². The van der Waals surface area contributed by atoms with Crippen molar-refractivity contribution in [2.24, 2.45) is 0 Å². The van der Waals surface area contributed by atoms with Crippen LogP contribution >= 0.6 is 67.8 Å². The number of hydrogen-bond acceptors (Lipinski definition) is 3. The molecule has 6 nitrogen and oxygen atoms in total. The van der Waals surface area contributed by atoms with Gasteiger partial charge in [-0.15, -0.1) is 0 Å². The van der Waals surface area contributed by atoms with Crippen LogP contribution in [0.15, 0.2) is 28.0 Å². The topological polar surface area (TPSA) is 125 Å². The summed E-state index contributed by atoms with van der Waals surface area (Å²) < 4.78 is 1.55. The van der Waals surface area contributed by atoms with Crippen LogP contribution in [-0.4, -0.2) is 47.1 Å². The predicted octanol–water partition coefficient (Wildman–Crippen LogP) is 5.32. The van der Waals surface area contributed by atoms with Gasteiger partial charge in [0.1, 0.15) is 28.0 Å². The number of hydrogen-bond donors (Lipinski definition) is 3. The fourth-order valence-electron chi connectivity index (χ4n) is 0.785. The molecule has 1 radical (unpaired) electrons. The zero-order valence-corrected chi connectivity index (χ0v) is 22.9. The second-order valence-electron chi connectivity index (χ2n) is 4.45. The van der Waals surface area contributed by atoms with Gasteiger partial charge in [-0.05, 0) is 88.5 Å². The predicted molar refractivity (Wildman–Crippen MR) is 126 cm³/mol. The van der Waals surface area contributed by atoms with Gasteiger partial charge in [-0.3, -0.25) is 14.4 Å². The van der Waals surface area contributed by atoms with E-state index >= 15 is 0 Å². The molecule has 0 saturated carbocycles. The third kappa shape index (κ3) is 20.6. The summed E-state index contributed by atoms with van der Waals surface area (Å²) in [5.74, 6) is 0.948. The molecule has 0 fully saturated rings. The van der Waals surface area contributed by atoms with Gasteiger partial charge in [0.15, 0.2) is 0 Å². The normalized spacial score (nSPS) is 12.4. The van der Waals surface area contributed by atoms with E-state index in [1.807, 2.05) is 67.8 Å². The van der Waals surface area contributed by atoms with Crippen LogP contribution in [0.1, 0.15) is 41.5 Å². The summed E-state index contributed by atoms with van der Waals surface area (Å²) in [6.45, 7) is 9.18. The molecule has 0 saturated heterocycles. The quantitative estimate of drug-likeness (QED) is 0.118. The zero-order chi connectivity index (χ0) is 20.2. The molecule has 10 heteroatoms. The first-order chi connectivity index (χ1) is 10.7. The maximum Gasteiger partial charge on any atom is 3.00 e. The first-order valence-electron chi connectivity index (χ1n) is 6.41. The van der Waals surface area contributed by atoms with Crippen LogP contribution in [0.5, 0.6) is 0 Å². The van der Waals surface area contributed by atoms with Crippen molar-refractivity contribution < 1.29 is 49.2 Å². The molecule has 6 N–H and O–H groups in total. The van der Waals surface area contributed by atoms with Crippen LogP contribution in [-0.2, 0) is 19.5 Å². The Labute approximate surface area is 201 Å². The number of carbonyl (C=O) groups excluding carboxylic acids is 3. The Bertz CT molecular complexity index is 487. The monoisotopic (exact) mass is 783 g/mol. The maximum absolute atomic E-state index is 8.68. The van der Waals surface area contributed by atoms with E-state index in [2.05, 4.69) is 0 Å². The van der Waals surface area contributed by atoms with Crippen LogP contribution in [0.25, 0.3) is 0 Å². The number of allylic oxidation sites excluding steroid dienone is 6. The largest absolute Gasteiger partial charge is 3.00 e. The first-order valence-corrected chi connectivity index (χ1v) is 9.64. The number of aliphatic hydroxyl groups excluding tert-OH is 3. The Balaban J connectivity index is -0.000000130. The van der Waals surface area contributed by atoms with E-state index < -0.39 is 0 Å². The average Bonchev–Trinajstić information content (AvgIpc) is 2.45. The standard InChI is InChI=1S/3C5H7IO2.Ru/c3*1-3(7)5(6)4(2)8;/h3*7H,1-2H3;/q;;;+3/p+3/b3*5-3+;. The Morgan fingerprint density at radius 3 is 0.640 bits per heavy atom. The van der Waals surface area contributed by atoms with Gasteiger partial charge in [0.05, 0.1) is 20.8 Å². The van der Waals surface area contributed by atoms with Crippen molar-refractivity contribution in [3.05, 3.63) is 28.0 Å².